The quantitative estimate of drug-likeness (QED) is 0.0283. The van der Waals surface area contributed by atoms with Gasteiger partial charge >= 0.3 is 11.9 Å². The minimum Gasteiger partial charge on any atom is -0.480 e. The Hall–Kier alpha value is -3.98. The van der Waals surface area contributed by atoms with Crippen LogP contribution in [0.3, 0.4) is 0 Å². The molecule has 2 atom stereocenters. The first-order chi connectivity index (χ1) is 26.8. The van der Waals surface area contributed by atoms with Crippen LogP contribution < -0.4 is 10.6 Å². The zero-order chi connectivity index (χ0) is 40.5. The van der Waals surface area contributed by atoms with Gasteiger partial charge in [0.05, 0.1) is 13.2 Å². The van der Waals surface area contributed by atoms with Crippen LogP contribution >= 0.6 is 0 Å². The molecule has 0 saturated carbocycles. The van der Waals surface area contributed by atoms with E-state index in [1.807, 2.05) is 6.08 Å². The number of ether oxygens (including phenoxy) is 1. The molecule has 0 aromatic carbocycles. The Morgan fingerprint density at radius 2 is 1.09 bits per heavy atom. The zero-order valence-electron chi connectivity index (χ0n) is 34.1. The fourth-order valence-corrected chi connectivity index (χ4v) is 5.39. The molecule has 0 spiro atoms. The van der Waals surface area contributed by atoms with Crippen LogP contribution in [0.25, 0.3) is 0 Å². The third kappa shape index (κ3) is 36.8. The number of carboxylic acids is 1. The van der Waals surface area contributed by atoms with Crippen molar-refractivity contribution in [1.29, 1.82) is 0 Å². The first-order valence-corrected chi connectivity index (χ1v) is 21.0. The normalized spacial score (nSPS) is 13.4. The van der Waals surface area contributed by atoms with Gasteiger partial charge in [-0.25, -0.2) is 4.79 Å². The summed E-state index contributed by atoms with van der Waals surface area (Å²) >= 11 is 0. The maximum atomic E-state index is 12.7. The van der Waals surface area contributed by atoms with Gasteiger partial charge < -0.3 is 25.6 Å². The fraction of sp³-hybridized carbons (Fsp3) is 0.609. The Bertz CT molecular complexity index is 1200. The van der Waals surface area contributed by atoms with Gasteiger partial charge in [-0.05, 0) is 96.0 Å². The van der Waals surface area contributed by atoms with Gasteiger partial charge in [-0.3, -0.25) is 14.4 Å². The highest BCUT2D eigenvalue weighted by Gasteiger charge is 2.18. The van der Waals surface area contributed by atoms with E-state index in [1.165, 1.54) is 25.7 Å². The summed E-state index contributed by atoms with van der Waals surface area (Å²) in [7, 11) is 0. The van der Waals surface area contributed by atoms with E-state index in [2.05, 4.69) is 103 Å². The van der Waals surface area contributed by atoms with Crippen LogP contribution in [0.1, 0.15) is 155 Å². The highest BCUT2D eigenvalue weighted by molar-refractivity contribution is 5.87. The maximum absolute atomic E-state index is 12.7. The van der Waals surface area contributed by atoms with E-state index in [0.29, 0.717) is 12.8 Å². The molecule has 0 bridgehead atoms. The number of rotatable bonds is 36. The van der Waals surface area contributed by atoms with Gasteiger partial charge in [0.2, 0.25) is 11.8 Å². The van der Waals surface area contributed by atoms with Gasteiger partial charge in [0.15, 0.2) is 0 Å². The molecule has 0 fully saturated rings. The highest BCUT2D eigenvalue weighted by atomic mass is 16.5. The lowest BCUT2D eigenvalue weighted by molar-refractivity contribution is -0.147. The summed E-state index contributed by atoms with van der Waals surface area (Å²) in [5.74, 6) is -2.46. The van der Waals surface area contributed by atoms with E-state index in [0.717, 1.165) is 96.3 Å². The van der Waals surface area contributed by atoms with Crippen LogP contribution in [0.4, 0.5) is 0 Å². The molecular weight excluding hydrogens is 693 g/mol. The highest BCUT2D eigenvalue weighted by Crippen LogP contribution is 2.14. The molecule has 0 heterocycles. The summed E-state index contributed by atoms with van der Waals surface area (Å²) in [5, 5.41) is 22.5. The molecule has 55 heavy (non-hydrogen) atoms. The monoisotopic (exact) mass is 767 g/mol. The number of carboxylic acid groups (broad SMARTS) is 1. The number of unbranched alkanes of at least 4 members (excludes halogenated alkanes) is 10. The van der Waals surface area contributed by atoms with Crippen LogP contribution in [0.2, 0.25) is 0 Å². The summed E-state index contributed by atoms with van der Waals surface area (Å²) in [6, 6.07) is -1.40. The zero-order valence-corrected chi connectivity index (χ0v) is 34.1. The molecule has 0 aromatic rings. The third-order valence-corrected chi connectivity index (χ3v) is 8.61. The average Bonchev–Trinajstić information content (AvgIpc) is 3.17. The number of carbonyl (C=O) groups excluding carboxylic acids is 3. The number of nitrogens with one attached hydrogen (secondary N) is 2. The van der Waals surface area contributed by atoms with E-state index >= 15 is 0 Å². The Morgan fingerprint density at radius 1 is 0.582 bits per heavy atom. The van der Waals surface area contributed by atoms with Crippen molar-refractivity contribution >= 4 is 23.8 Å². The molecule has 0 aromatic heterocycles. The van der Waals surface area contributed by atoms with Gasteiger partial charge in [0, 0.05) is 12.8 Å². The summed E-state index contributed by atoms with van der Waals surface area (Å²) in [6.45, 7) is 3.29. The summed E-state index contributed by atoms with van der Waals surface area (Å²) < 4.78 is 5.87. The molecule has 0 saturated heterocycles. The van der Waals surface area contributed by atoms with Crippen LogP contribution in [-0.2, 0) is 23.9 Å². The number of amides is 2. The Morgan fingerprint density at radius 3 is 1.67 bits per heavy atom. The van der Waals surface area contributed by atoms with Crippen molar-refractivity contribution in [2.75, 3.05) is 13.2 Å². The minimum atomic E-state index is -1.40. The third-order valence-electron chi connectivity index (χ3n) is 8.61. The second kappa shape index (κ2) is 39.7. The Kier molecular flexibility index (Phi) is 36.8. The Labute approximate surface area is 333 Å². The van der Waals surface area contributed by atoms with Crippen molar-refractivity contribution in [2.45, 2.75) is 167 Å². The smallest absolute Gasteiger partial charge is 0.328 e. The standard InChI is InChI=1S/C46H74N2O7/c1-3-5-7-9-11-12-13-14-15-16-17-18-19-20-21-22-23-24-26-28-34-38-45(52)55-41(35-31-27-25-10-8-6-4-2)36-32-29-30-33-37-43(50)47-39-44(51)48-42(40-49)46(53)54/h5,7,11-12,14-15,17-18,20-21,23-24,31,35,41-42,49H,3-4,6,8-10,13,16,19,22,25-30,32-34,36-40H2,1-2H3,(H,47,50)(H,48,51)(H,53,54)/b7-5-,12-11-,15-14-,18-17-,21-20-,24-23-,35-31-. The van der Waals surface area contributed by atoms with Crippen molar-refractivity contribution in [2.24, 2.45) is 0 Å². The number of aliphatic hydroxyl groups excluding tert-OH is 1. The SMILES string of the molecule is CC/C=C\C/C=C\C/C=C\C/C=C\C/C=C\C/C=C\CCCCC(=O)OC(/C=C\CCCCCCC)CCCCCCC(=O)NCC(=O)NC(CO)C(=O)O. The molecule has 4 N–H and O–H groups in total. The van der Waals surface area contributed by atoms with Crippen LogP contribution in [0.5, 0.6) is 0 Å². The number of esters is 1. The molecule has 2 unspecified atom stereocenters. The number of hydrogen-bond acceptors (Lipinski definition) is 6. The minimum absolute atomic E-state index is 0.158. The summed E-state index contributed by atoms with van der Waals surface area (Å²) in [4.78, 5) is 47.4. The lowest BCUT2D eigenvalue weighted by atomic mass is 10.1. The lowest BCUT2D eigenvalue weighted by Crippen LogP contribution is -2.47. The number of carbonyl (C=O) groups is 4. The van der Waals surface area contributed by atoms with Crippen LogP contribution in [0.15, 0.2) is 85.1 Å². The van der Waals surface area contributed by atoms with Gasteiger partial charge in [-0.15, -0.1) is 0 Å². The first kappa shape index (κ1) is 51.0. The molecule has 2 amide bonds. The molecule has 9 nitrogen and oxygen atoms in total. The molecule has 9 heteroatoms. The molecule has 0 aliphatic carbocycles. The second-order valence-electron chi connectivity index (χ2n) is 13.7. The molecule has 0 aliphatic heterocycles. The maximum Gasteiger partial charge on any atom is 0.328 e. The predicted octanol–water partition coefficient (Wildman–Crippen LogP) is 10.1. The molecule has 310 valence electrons. The topological polar surface area (TPSA) is 142 Å². The van der Waals surface area contributed by atoms with E-state index in [4.69, 9.17) is 14.9 Å². The fourth-order valence-electron chi connectivity index (χ4n) is 5.39. The van der Waals surface area contributed by atoms with Gasteiger partial charge in [-0.1, -0.05) is 131 Å². The van der Waals surface area contributed by atoms with Crippen molar-refractivity contribution in [3.8, 4) is 0 Å². The summed E-state index contributed by atoms with van der Waals surface area (Å²) in [5.41, 5.74) is 0. The molecule has 0 radical (unpaired) electrons. The van der Waals surface area contributed by atoms with E-state index in [-0.39, 0.29) is 30.9 Å². The number of aliphatic hydroxyl groups is 1. The van der Waals surface area contributed by atoms with Gasteiger partial charge in [-0.2, -0.15) is 0 Å². The Balaban J connectivity index is 4.31. The van der Waals surface area contributed by atoms with E-state index in [1.54, 1.807) is 0 Å². The molecular formula is C46H74N2O7. The second-order valence-corrected chi connectivity index (χ2v) is 13.7. The van der Waals surface area contributed by atoms with Crippen molar-refractivity contribution in [1.82, 2.24) is 10.6 Å². The van der Waals surface area contributed by atoms with E-state index < -0.39 is 24.5 Å². The van der Waals surface area contributed by atoms with Crippen molar-refractivity contribution < 1.29 is 34.1 Å². The largest absolute Gasteiger partial charge is 0.480 e. The van der Waals surface area contributed by atoms with Crippen LogP contribution in [-0.4, -0.2) is 59.3 Å². The summed E-state index contributed by atoms with van der Waals surface area (Å²) in [6.07, 6.45) is 50.6. The van der Waals surface area contributed by atoms with Crippen molar-refractivity contribution in [3.63, 3.8) is 0 Å². The average molecular weight is 767 g/mol. The molecule has 0 rings (SSSR count). The van der Waals surface area contributed by atoms with Gasteiger partial charge in [0.25, 0.3) is 0 Å². The number of allylic oxidation sites excluding steroid dienone is 13. The van der Waals surface area contributed by atoms with Gasteiger partial charge in [0.1, 0.15) is 12.1 Å². The first-order valence-electron chi connectivity index (χ1n) is 21.0. The number of aliphatic carboxylic acids is 1. The lowest BCUT2D eigenvalue weighted by Gasteiger charge is -2.15. The predicted molar refractivity (Wildman–Crippen MR) is 226 cm³/mol. The number of hydrogen-bond donors (Lipinski definition) is 4. The van der Waals surface area contributed by atoms with Crippen molar-refractivity contribution in [3.05, 3.63) is 85.1 Å². The molecule has 0 aliphatic rings. The van der Waals surface area contributed by atoms with E-state index in [9.17, 15) is 19.2 Å². The van der Waals surface area contributed by atoms with Crippen LogP contribution in [0, 0.1) is 0 Å².